The standard InChI is InChI=1S/C29H32F3N/c1-21-9-12-25(13-10-21)27-8-6-7-24(22(27)2)15-16-26-14-11-23(19-28(26)29(30,31)32)20-33-17-4-3-5-18-33/h6-9,11-16,19,21H,3-5,10,17-18,20H2,1-2H3/b16-15+. The fourth-order valence-corrected chi connectivity index (χ4v) is 4.72. The minimum absolute atomic E-state index is 0.209. The first-order valence-corrected chi connectivity index (χ1v) is 11.9. The van der Waals surface area contributed by atoms with Gasteiger partial charge in [0.1, 0.15) is 0 Å². The molecule has 1 unspecified atom stereocenters. The van der Waals surface area contributed by atoms with Crippen molar-refractivity contribution in [2.45, 2.75) is 52.3 Å². The average Bonchev–Trinajstić information content (AvgIpc) is 2.80. The van der Waals surface area contributed by atoms with Gasteiger partial charge in [-0.2, -0.15) is 13.2 Å². The summed E-state index contributed by atoms with van der Waals surface area (Å²) in [6.45, 7) is 6.72. The average molecular weight is 452 g/mol. The lowest BCUT2D eigenvalue weighted by Gasteiger charge is -2.26. The van der Waals surface area contributed by atoms with Crippen LogP contribution in [0.1, 0.15) is 66.0 Å². The molecule has 2 aromatic carbocycles. The van der Waals surface area contributed by atoms with Crippen LogP contribution in [0.25, 0.3) is 17.7 Å². The Bertz CT molecular complexity index is 1070. The SMILES string of the molecule is Cc1c(/C=C/c2ccc(CN3CCCCC3)cc2C(F)(F)F)cccc1C1=CCC(C)C=C1. The molecule has 2 aromatic rings. The molecule has 4 heteroatoms. The molecule has 0 amide bonds. The van der Waals surface area contributed by atoms with Crippen molar-refractivity contribution in [3.63, 3.8) is 0 Å². The van der Waals surface area contributed by atoms with E-state index >= 15 is 0 Å². The summed E-state index contributed by atoms with van der Waals surface area (Å²) in [4.78, 5) is 2.25. The Hall–Kier alpha value is -2.59. The number of likely N-dealkylation sites (tertiary alicyclic amines) is 1. The van der Waals surface area contributed by atoms with E-state index in [-0.39, 0.29) is 5.56 Å². The molecule has 1 saturated heterocycles. The molecular formula is C29H32F3N. The lowest BCUT2D eigenvalue weighted by Crippen LogP contribution is -2.29. The van der Waals surface area contributed by atoms with Gasteiger partial charge in [-0.3, -0.25) is 4.90 Å². The summed E-state index contributed by atoms with van der Waals surface area (Å²) < 4.78 is 41.7. The fourth-order valence-electron chi connectivity index (χ4n) is 4.72. The Kier molecular flexibility index (Phi) is 7.23. The number of hydrogen-bond acceptors (Lipinski definition) is 1. The third kappa shape index (κ3) is 5.86. The van der Waals surface area contributed by atoms with Gasteiger partial charge in [0.15, 0.2) is 0 Å². The van der Waals surface area contributed by atoms with Gasteiger partial charge in [-0.25, -0.2) is 0 Å². The molecule has 1 atom stereocenters. The number of halogens is 3. The van der Waals surface area contributed by atoms with E-state index in [4.69, 9.17) is 0 Å². The number of hydrogen-bond donors (Lipinski definition) is 0. The Balaban J connectivity index is 1.60. The Morgan fingerprint density at radius 1 is 1.00 bits per heavy atom. The van der Waals surface area contributed by atoms with Gasteiger partial charge in [-0.05, 0) is 84.7 Å². The van der Waals surface area contributed by atoms with Gasteiger partial charge < -0.3 is 0 Å². The van der Waals surface area contributed by atoms with Crippen LogP contribution in [0.15, 0.2) is 54.6 Å². The zero-order valence-electron chi connectivity index (χ0n) is 19.5. The molecule has 0 aromatic heterocycles. The van der Waals surface area contributed by atoms with Crippen LogP contribution in [-0.2, 0) is 12.7 Å². The summed E-state index contributed by atoms with van der Waals surface area (Å²) in [5.41, 5.74) is 4.70. The highest BCUT2D eigenvalue weighted by Gasteiger charge is 2.33. The highest BCUT2D eigenvalue weighted by molar-refractivity contribution is 5.81. The van der Waals surface area contributed by atoms with Crippen molar-refractivity contribution in [3.8, 4) is 0 Å². The van der Waals surface area contributed by atoms with E-state index in [0.29, 0.717) is 12.5 Å². The monoisotopic (exact) mass is 451 g/mol. The lowest BCUT2D eigenvalue weighted by atomic mass is 9.90. The molecule has 1 aliphatic heterocycles. The molecule has 0 N–H and O–H groups in total. The predicted molar refractivity (Wildman–Crippen MR) is 132 cm³/mol. The largest absolute Gasteiger partial charge is 0.416 e. The molecule has 0 radical (unpaired) electrons. The number of nitrogens with zero attached hydrogens (tertiary/aromatic N) is 1. The normalized spacial score (nSPS) is 19.8. The number of piperidine rings is 1. The molecule has 2 aliphatic rings. The summed E-state index contributed by atoms with van der Waals surface area (Å²) in [5.74, 6) is 0.538. The maximum atomic E-state index is 13.9. The summed E-state index contributed by atoms with van der Waals surface area (Å²) in [5, 5.41) is 0. The Morgan fingerprint density at radius 3 is 2.45 bits per heavy atom. The van der Waals surface area contributed by atoms with Crippen LogP contribution in [0.3, 0.4) is 0 Å². The molecule has 0 saturated carbocycles. The molecular weight excluding hydrogens is 419 g/mol. The van der Waals surface area contributed by atoms with E-state index in [1.165, 1.54) is 18.1 Å². The molecule has 174 valence electrons. The first kappa shape index (κ1) is 23.6. The van der Waals surface area contributed by atoms with Gasteiger partial charge in [0.05, 0.1) is 5.56 Å². The minimum atomic E-state index is -4.39. The van der Waals surface area contributed by atoms with Crippen molar-refractivity contribution in [2.24, 2.45) is 5.92 Å². The van der Waals surface area contributed by atoms with Gasteiger partial charge in [0, 0.05) is 6.54 Å². The first-order valence-electron chi connectivity index (χ1n) is 11.9. The van der Waals surface area contributed by atoms with Gasteiger partial charge >= 0.3 is 6.18 Å². The van der Waals surface area contributed by atoms with Crippen LogP contribution in [-0.4, -0.2) is 18.0 Å². The highest BCUT2D eigenvalue weighted by Crippen LogP contribution is 2.35. The lowest BCUT2D eigenvalue weighted by molar-refractivity contribution is -0.137. The fraction of sp³-hybridized carbons (Fsp3) is 0.379. The minimum Gasteiger partial charge on any atom is -0.299 e. The molecule has 0 bridgehead atoms. The third-order valence-electron chi connectivity index (χ3n) is 6.72. The van der Waals surface area contributed by atoms with Crippen molar-refractivity contribution in [1.29, 1.82) is 0 Å². The highest BCUT2D eigenvalue weighted by atomic mass is 19.4. The first-order chi connectivity index (χ1) is 15.8. The molecule has 1 nitrogen and oxygen atoms in total. The van der Waals surface area contributed by atoms with E-state index in [9.17, 15) is 13.2 Å². The van der Waals surface area contributed by atoms with Crippen molar-refractivity contribution in [2.75, 3.05) is 13.1 Å². The quantitative estimate of drug-likeness (QED) is 0.415. The van der Waals surface area contributed by atoms with Gasteiger partial charge in [0.25, 0.3) is 0 Å². The van der Waals surface area contributed by atoms with Crippen LogP contribution < -0.4 is 0 Å². The third-order valence-corrected chi connectivity index (χ3v) is 6.72. The predicted octanol–water partition coefficient (Wildman–Crippen LogP) is 8.15. The molecule has 1 aliphatic carbocycles. The summed E-state index contributed by atoms with van der Waals surface area (Å²) in [6.07, 6.45) is 10.1. The second kappa shape index (κ2) is 10.1. The van der Waals surface area contributed by atoms with Crippen LogP contribution >= 0.6 is 0 Å². The maximum absolute atomic E-state index is 13.9. The number of alkyl halides is 3. The maximum Gasteiger partial charge on any atom is 0.416 e. The number of benzene rings is 2. The van der Waals surface area contributed by atoms with E-state index in [1.54, 1.807) is 12.1 Å². The number of rotatable bonds is 5. The van der Waals surface area contributed by atoms with Crippen molar-refractivity contribution < 1.29 is 13.2 Å². The van der Waals surface area contributed by atoms with E-state index in [0.717, 1.165) is 54.6 Å². The zero-order valence-corrected chi connectivity index (χ0v) is 19.5. The summed E-state index contributed by atoms with van der Waals surface area (Å²) >= 11 is 0. The van der Waals surface area contributed by atoms with Crippen molar-refractivity contribution in [1.82, 2.24) is 4.90 Å². The second-order valence-corrected chi connectivity index (χ2v) is 9.34. The second-order valence-electron chi connectivity index (χ2n) is 9.34. The summed E-state index contributed by atoms with van der Waals surface area (Å²) in [6, 6.07) is 10.8. The number of allylic oxidation sites excluding steroid dienone is 4. The van der Waals surface area contributed by atoms with Crippen LogP contribution in [0, 0.1) is 12.8 Å². The van der Waals surface area contributed by atoms with Crippen LogP contribution in [0.2, 0.25) is 0 Å². The molecule has 1 heterocycles. The Morgan fingerprint density at radius 2 is 1.76 bits per heavy atom. The van der Waals surface area contributed by atoms with Crippen LogP contribution in [0.4, 0.5) is 13.2 Å². The smallest absolute Gasteiger partial charge is 0.299 e. The Labute approximate surface area is 195 Å². The van der Waals surface area contributed by atoms with Gasteiger partial charge in [-0.1, -0.05) is 74.1 Å². The van der Waals surface area contributed by atoms with Crippen molar-refractivity contribution >= 4 is 17.7 Å². The van der Waals surface area contributed by atoms with E-state index < -0.39 is 11.7 Å². The zero-order chi connectivity index (χ0) is 23.4. The molecule has 33 heavy (non-hydrogen) atoms. The molecule has 1 fully saturated rings. The molecule has 4 rings (SSSR count). The van der Waals surface area contributed by atoms with Gasteiger partial charge in [-0.15, -0.1) is 0 Å². The van der Waals surface area contributed by atoms with E-state index in [2.05, 4.69) is 36.1 Å². The summed E-state index contributed by atoms with van der Waals surface area (Å²) in [7, 11) is 0. The van der Waals surface area contributed by atoms with Crippen molar-refractivity contribution in [3.05, 3.63) is 88.0 Å². The molecule has 0 spiro atoms. The van der Waals surface area contributed by atoms with E-state index in [1.807, 2.05) is 31.2 Å². The topological polar surface area (TPSA) is 3.24 Å². The van der Waals surface area contributed by atoms with Gasteiger partial charge in [0.2, 0.25) is 0 Å². The van der Waals surface area contributed by atoms with Crippen LogP contribution in [0.5, 0.6) is 0 Å².